The van der Waals surface area contributed by atoms with E-state index in [1.54, 1.807) is 14.2 Å². The fourth-order valence-corrected chi connectivity index (χ4v) is 3.21. The van der Waals surface area contributed by atoms with Crippen molar-refractivity contribution < 1.29 is 14.3 Å². The summed E-state index contributed by atoms with van der Waals surface area (Å²) < 4.78 is 12.7. The molecule has 28 heavy (non-hydrogen) atoms. The molecule has 1 heterocycles. The Kier molecular flexibility index (Phi) is 6.53. The lowest BCUT2D eigenvalue weighted by Crippen LogP contribution is -2.29. The van der Waals surface area contributed by atoms with E-state index in [0.29, 0.717) is 24.5 Å². The third-order valence-electron chi connectivity index (χ3n) is 4.70. The predicted octanol–water partition coefficient (Wildman–Crippen LogP) is 3.56. The summed E-state index contributed by atoms with van der Waals surface area (Å²) in [5.74, 6) is 2.22. The summed E-state index contributed by atoms with van der Waals surface area (Å²) in [6.45, 7) is 3.07. The zero-order valence-corrected chi connectivity index (χ0v) is 16.7. The van der Waals surface area contributed by atoms with Gasteiger partial charge in [-0.25, -0.2) is 4.98 Å². The molecule has 0 bridgehead atoms. The van der Waals surface area contributed by atoms with Gasteiger partial charge in [0.15, 0.2) is 11.5 Å². The molecule has 6 nitrogen and oxygen atoms in total. The van der Waals surface area contributed by atoms with Crippen LogP contribution in [0.3, 0.4) is 0 Å². The SMILES string of the molecule is CCCCNC(=O)Cn1c(Cc2ccc(OC)c(OC)c2)nc2ccccc21. The minimum Gasteiger partial charge on any atom is -0.493 e. The molecule has 3 rings (SSSR count). The normalized spacial score (nSPS) is 10.8. The average molecular weight is 381 g/mol. The third-order valence-corrected chi connectivity index (χ3v) is 4.70. The van der Waals surface area contributed by atoms with E-state index in [0.717, 1.165) is 35.3 Å². The van der Waals surface area contributed by atoms with E-state index in [2.05, 4.69) is 12.2 Å². The molecule has 0 fully saturated rings. The summed E-state index contributed by atoms with van der Waals surface area (Å²) in [5.41, 5.74) is 2.89. The lowest BCUT2D eigenvalue weighted by atomic mass is 10.1. The van der Waals surface area contributed by atoms with Crippen molar-refractivity contribution in [2.75, 3.05) is 20.8 Å². The molecule has 0 spiro atoms. The minimum atomic E-state index is 0.00478. The topological polar surface area (TPSA) is 65.4 Å². The zero-order chi connectivity index (χ0) is 19.9. The number of rotatable bonds is 9. The standard InChI is InChI=1S/C22H27N3O3/c1-4-5-12-23-22(26)15-25-18-9-7-6-8-17(18)24-21(25)14-16-10-11-19(27-2)20(13-16)28-3/h6-11,13H,4-5,12,14-15H2,1-3H3,(H,23,26). The molecule has 0 unspecified atom stereocenters. The van der Waals surface area contributed by atoms with Crippen LogP contribution in [0.2, 0.25) is 0 Å². The lowest BCUT2D eigenvalue weighted by Gasteiger charge is -2.12. The number of aromatic nitrogens is 2. The molecule has 1 aromatic heterocycles. The van der Waals surface area contributed by atoms with Crippen LogP contribution in [0, 0.1) is 0 Å². The number of benzene rings is 2. The summed E-state index contributed by atoms with van der Waals surface area (Å²) in [7, 11) is 3.24. The van der Waals surface area contributed by atoms with Crippen molar-refractivity contribution in [3.05, 3.63) is 53.9 Å². The number of nitrogens with one attached hydrogen (secondary N) is 1. The van der Waals surface area contributed by atoms with Crippen molar-refractivity contribution in [2.45, 2.75) is 32.7 Å². The fraction of sp³-hybridized carbons (Fsp3) is 0.364. The second-order valence-corrected chi connectivity index (χ2v) is 6.67. The number of nitrogens with zero attached hydrogens (tertiary/aromatic N) is 2. The van der Waals surface area contributed by atoms with Crippen molar-refractivity contribution in [1.82, 2.24) is 14.9 Å². The van der Waals surface area contributed by atoms with E-state index in [4.69, 9.17) is 14.5 Å². The van der Waals surface area contributed by atoms with Crippen LogP contribution in [0.15, 0.2) is 42.5 Å². The molecule has 1 N–H and O–H groups in total. The smallest absolute Gasteiger partial charge is 0.240 e. The number of para-hydroxylation sites is 2. The Bertz CT molecular complexity index is 949. The molecule has 0 saturated carbocycles. The second-order valence-electron chi connectivity index (χ2n) is 6.67. The number of carbonyl (C=O) groups excluding carboxylic acids is 1. The van der Waals surface area contributed by atoms with Gasteiger partial charge in [0, 0.05) is 13.0 Å². The van der Waals surface area contributed by atoms with Crippen LogP contribution >= 0.6 is 0 Å². The fourth-order valence-electron chi connectivity index (χ4n) is 3.21. The Morgan fingerprint density at radius 2 is 1.89 bits per heavy atom. The van der Waals surface area contributed by atoms with E-state index in [1.807, 2.05) is 47.0 Å². The van der Waals surface area contributed by atoms with Crippen molar-refractivity contribution in [2.24, 2.45) is 0 Å². The largest absolute Gasteiger partial charge is 0.493 e. The quantitative estimate of drug-likeness (QED) is 0.576. The summed E-state index contributed by atoms with van der Waals surface area (Å²) in [6.07, 6.45) is 2.63. The Balaban J connectivity index is 1.89. The number of methoxy groups -OCH3 is 2. The summed E-state index contributed by atoms with van der Waals surface area (Å²) in [4.78, 5) is 17.2. The highest BCUT2D eigenvalue weighted by Gasteiger charge is 2.15. The van der Waals surface area contributed by atoms with E-state index in [9.17, 15) is 4.79 Å². The molecule has 6 heteroatoms. The number of fused-ring (bicyclic) bond motifs is 1. The molecular formula is C22H27N3O3. The number of ether oxygens (including phenoxy) is 2. The van der Waals surface area contributed by atoms with E-state index >= 15 is 0 Å². The van der Waals surface area contributed by atoms with Gasteiger partial charge in [-0.2, -0.15) is 0 Å². The van der Waals surface area contributed by atoms with Gasteiger partial charge < -0.3 is 19.4 Å². The highest BCUT2D eigenvalue weighted by atomic mass is 16.5. The first-order valence-electron chi connectivity index (χ1n) is 9.58. The number of hydrogen-bond donors (Lipinski definition) is 1. The highest BCUT2D eigenvalue weighted by Crippen LogP contribution is 2.29. The van der Waals surface area contributed by atoms with Crippen LogP contribution < -0.4 is 14.8 Å². The summed E-state index contributed by atoms with van der Waals surface area (Å²) in [6, 6.07) is 13.7. The van der Waals surface area contributed by atoms with Crippen LogP contribution in [-0.2, 0) is 17.8 Å². The molecule has 0 aliphatic rings. The van der Waals surface area contributed by atoms with Gasteiger partial charge in [0.05, 0.1) is 25.3 Å². The molecular weight excluding hydrogens is 354 g/mol. The molecule has 0 atom stereocenters. The van der Waals surface area contributed by atoms with Gasteiger partial charge in [-0.3, -0.25) is 4.79 Å². The van der Waals surface area contributed by atoms with Crippen LogP contribution in [0.1, 0.15) is 31.2 Å². The summed E-state index contributed by atoms with van der Waals surface area (Å²) >= 11 is 0. The molecule has 1 amide bonds. The molecule has 0 aliphatic heterocycles. The van der Waals surface area contributed by atoms with Crippen molar-refractivity contribution in [3.63, 3.8) is 0 Å². The molecule has 0 radical (unpaired) electrons. The first kappa shape index (κ1) is 19.7. The monoisotopic (exact) mass is 381 g/mol. The molecule has 0 saturated heterocycles. The van der Waals surface area contributed by atoms with Crippen LogP contribution in [-0.4, -0.2) is 36.2 Å². The van der Waals surface area contributed by atoms with Gasteiger partial charge in [-0.15, -0.1) is 0 Å². The van der Waals surface area contributed by atoms with E-state index < -0.39 is 0 Å². The highest BCUT2D eigenvalue weighted by molar-refractivity contribution is 5.81. The Labute approximate surface area is 165 Å². The number of hydrogen-bond acceptors (Lipinski definition) is 4. The molecule has 148 valence electrons. The lowest BCUT2D eigenvalue weighted by molar-refractivity contribution is -0.121. The van der Waals surface area contributed by atoms with Crippen molar-refractivity contribution in [1.29, 1.82) is 0 Å². The zero-order valence-electron chi connectivity index (χ0n) is 16.7. The van der Waals surface area contributed by atoms with E-state index in [1.165, 1.54) is 0 Å². The first-order valence-corrected chi connectivity index (χ1v) is 9.58. The van der Waals surface area contributed by atoms with Gasteiger partial charge in [0.2, 0.25) is 5.91 Å². The van der Waals surface area contributed by atoms with Gasteiger partial charge in [-0.05, 0) is 36.2 Å². The maximum absolute atomic E-state index is 12.4. The van der Waals surface area contributed by atoms with Crippen LogP contribution in [0.4, 0.5) is 0 Å². The van der Waals surface area contributed by atoms with E-state index in [-0.39, 0.29) is 12.5 Å². The van der Waals surface area contributed by atoms with Gasteiger partial charge >= 0.3 is 0 Å². The third kappa shape index (κ3) is 4.44. The Morgan fingerprint density at radius 3 is 2.64 bits per heavy atom. The van der Waals surface area contributed by atoms with Gasteiger partial charge in [-0.1, -0.05) is 31.5 Å². The number of unbranched alkanes of at least 4 members (excludes halogenated alkanes) is 1. The number of carbonyl (C=O) groups is 1. The Morgan fingerprint density at radius 1 is 1.11 bits per heavy atom. The summed E-state index contributed by atoms with van der Waals surface area (Å²) in [5, 5.41) is 2.99. The maximum atomic E-state index is 12.4. The minimum absolute atomic E-state index is 0.00478. The van der Waals surface area contributed by atoms with Gasteiger partial charge in [0.1, 0.15) is 12.4 Å². The molecule has 2 aromatic carbocycles. The van der Waals surface area contributed by atoms with Crippen LogP contribution in [0.25, 0.3) is 11.0 Å². The molecule has 3 aromatic rings. The number of amides is 1. The van der Waals surface area contributed by atoms with Crippen LogP contribution in [0.5, 0.6) is 11.5 Å². The number of imidazole rings is 1. The second kappa shape index (κ2) is 9.26. The molecule has 0 aliphatic carbocycles. The maximum Gasteiger partial charge on any atom is 0.240 e. The Hall–Kier alpha value is -3.02. The predicted molar refractivity (Wildman–Crippen MR) is 110 cm³/mol. The van der Waals surface area contributed by atoms with Crippen molar-refractivity contribution in [3.8, 4) is 11.5 Å². The van der Waals surface area contributed by atoms with Crippen molar-refractivity contribution >= 4 is 16.9 Å². The average Bonchev–Trinajstić information content (AvgIpc) is 3.05. The first-order chi connectivity index (χ1) is 13.7. The van der Waals surface area contributed by atoms with Gasteiger partial charge in [0.25, 0.3) is 0 Å².